The molecule has 382 valence electrons. The van der Waals surface area contributed by atoms with Crippen molar-refractivity contribution in [1.29, 1.82) is 0 Å². The Bertz CT molecular complexity index is 3520. The Morgan fingerprint density at radius 3 is 1.61 bits per heavy atom. The van der Waals surface area contributed by atoms with Gasteiger partial charge in [0.15, 0.2) is 0 Å². The van der Waals surface area contributed by atoms with E-state index in [1.807, 2.05) is 6.20 Å². The molecule has 0 saturated carbocycles. The molecule has 0 saturated heterocycles. The molecular formula is C68H71N4OPt-3. The van der Waals surface area contributed by atoms with E-state index in [0.717, 1.165) is 55.9 Å². The number of aryl methyl sites for hydroxylation is 2. The summed E-state index contributed by atoms with van der Waals surface area (Å²) in [5.74, 6) is 2.05. The zero-order valence-corrected chi connectivity index (χ0v) is 48.3. The number of rotatable bonds is 9. The van der Waals surface area contributed by atoms with Crippen LogP contribution in [0.3, 0.4) is 0 Å². The minimum Gasteiger partial charge on any atom is -0.509 e. The number of fused-ring (bicyclic) bond motifs is 4. The van der Waals surface area contributed by atoms with Crippen LogP contribution in [0.15, 0.2) is 152 Å². The molecule has 10 rings (SSSR count). The quantitative estimate of drug-likeness (QED) is 0.135. The monoisotopic (exact) mass is 1150 g/mol. The van der Waals surface area contributed by atoms with Crippen molar-refractivity contribution in [2.75, 3.05) is 9.80 Å². The van der Waals surface area contributed by atoms with E-state index >= 15 is 0 Å². The van der Waals surface area contributed by atoms with Gasteiger partial charge in [-0.1, -0.05) is 174 Å². The Morgan fingerprint density at radius 1 is 0.459 bits per heavy atom. The van der Waals surface area contributed by atoms with Crippen LogP contribution in [0.4, 0.5) is 22.7 Å². The largest absolute Gasteiger partial charge is 0.509 e. The summed E-state index contributed by atoms with van der Waals surface area (Å²) in [6.45, 7) is 36.4. The Hall–Kier alpha value is -6.42. The fourth-order valence-corrected chi connectivity index (χ4v) is 10.3. The minimum atomic E-state index is -0.383. The molecule has 0 amide bonds. The second-order valence-corrected chi connectivity index (χ2v) is 24.6. The van der Waals surface area contributed by atoms with E-state index in [1.54, 1.807) is 0 Å². The van der Waals surface area contributed by atoms with Crippen molar-refractivity contribution in [3.05, 3.63) is 221 Å². The molecule has 2 aromatic heterocycles. The number of aromatic nitrogens is 2. The SMILES string of the molecule is Cc1cc2c(cc1C)N(c1cc(C(C)(C)C)cc(C(C)(C)C)c1)[CH-]N2c1[c-]c(Oc2[c-]c3c(cc2)c2cc(C(C)(C)c4ccccc4)ccc2n3-c2cc(C(C)(C)C)ccn2)cc(C(C)(C)c2ccccc2)c1.[Pt]. The van der Waals surface area contributed by atoms with Crippen LogP contribution in [-0.4, -0.2) is 9.55 Å². The van der Waals surface area contributed by atoms with E-state index in [-0.39, 0.29) is 48.1 Å². The summed E-state index contributed by atoms with van der Waals surface area (Å²) >= 11 is 0. The summed E-state index contributed by atoms with van der Waals surface area (Å²) < 4.78 is 9.36. The molecule has 0 bridgehead atoms. The van der Waals surface area contributed by atoms with Crippen LogP contribution in [0.2, 0.25) is 0 Å². The van der Waals surface area contributed by atoms with Crippen molar-refractivity contribution in [1.82, 2.24) is 9.55 Å². The van der Waals surface area contributed by atoms with Gasteiger partial charge in [-0.3, -0.25) is 0 Å². The van der Waals surface area contributed by atoms with Gasteiger partial charge in [-0.15, -0.1) is 53.6 Å². The van der Waals surface area contributed by atoms with Gasteiger partial charge in [-0.05, 0) is 128 Å². The molecule has 9 aromatic rings. The third-order valence-corrected chi connectivity index (χ3v) is 15.5. The predicted molar refractivity (Wildman–Crippen MR) is 307 cm³/mol. The maximum absolute atomic E-state index is 7.11. The summed E-state index contributed by atoms with van der Waals surface area (Å²) in [6, 6.07) is 60.8. The third-order valence-electron chi connectivity index (χ3n) is 15.5. The van der Waals surface area contributed by atoms with E-state index in [0.29, 0.717) is 11.5 Å². The van der Waals surface area contributed by atoms with Crippen molar-refractivity contribution in [2.24, 2.45) is 0 Å². The molecule has 1 aliphatic heterocycles. The minimum absolute atomic E-state index is 0. The molecule has 0 N–H and O–H groups in total. The first kappa shape index (κ1) is 52.4. The van der Waals surface area contributed by atoms with Crippen molar-refractivity contribution >= 4 is 44.6 Å². The van der Waals surface area contributed by atoms with Gasteiger partial charge < -0.3 is 19.1 Å². The molecular weight excluding hydrogens is 1080 g/mol. The van der Waals surface area contributed by atoms with E-state index in [4.69, 9.17) is 9.72 Å². The number of ether oxygens (including phenoxy) is 1. The Kier molecular flexibility index (Phi) is 13.5. The van der Waals surface area contributed by atoms with Gasteiger partial charge in [0, 0.05) is 66.8 Å². The van der Waals surface area contributed by atoms with Crippen LogP contribution in [0.1, 0.15) is 140 Å². The first-order chi connectivity index (χ1) is 34.4. The van der Waals surface area contributed by atoms with Crippen LogP contribution < -0.4 is 14.5 Å². The first-order valence-corrected chi connectivity index (χ1v) is 25.9. The van der Waals surface area contributed by atoms with Crippen LogP contribution in [-0.2, 0) is 48.1 Å². The molecule has 1 aliphatic rings. The molecule has 0 radical (unpaired) electrons. The number of hydrogen-bond acceptors (Lipinski definition) is 4. The number of nitrogens with zero attached hydrogens (tertiary/aromatic N) is 4. The molecule has 7 aromatic carbocycles. The average Bonchev–Trinajstić information content (AvgIpc) is 3.88. The van der Waals surface area contributed by atoms with Crippen LogP contribution in [0.5, 0.6) is 11.5 Å². The number of hydrogen-bond donors (Lipinski definition) is 0. The Labute approximate surface area is 455 Å². The van der Waals surface area contributed by atoms with Gasteiger partial charge in [0.25, 0.3) is 0 Å². The standard InChI is InChI=1S/C68H71N4O.Pt/c1-44-32-61-62(33-45(44)2)71(43-70(61)53-35-50(65(6,7)8)34-51(36-53)66(9,10)11)54-37-52(68(14,15)47-24-20-17-21-25-47)38-56(41-54)73-55-27-28-57-58-39-49(67(12,13)46-22-18-16-19-23-46)26-29-59(58)72(60(57)42-55)63-40-48(30-31-69-63)64(3,4)5;/h16-40,43H,1-15H3;/q-3;. The molecule has 6 heteroatoms. The fraction of sp³-hybridized carbons (Fsp3) is 0.294. The molecule has 0 fully saturated rings. The van der Waals surface area contributed by atoms with E-state index < -0.39 is 0 Å². The maximum atomic E-state index is 7.11. The molecule has 0 aliphatic carbocycles. The summed E-state index contributed by atoms with van der Waals surface area (Å²) in [4.78, 5) is 9.69. The van der Waals surface area contributed by atoms with Crippen LogP contribution in [0, 0.1) is 32.6 Å². The molecule has 3 heterocycles. The van der Waals surface area contributed by atoms with Gasteiger partial charge in [-0.25, -0.2) is 4.98 Å². The van der Waals surface area contributed by atoms with Crippen molar-refractivity contribution < 1.29 is 25.8 Å². The second kappa shape index (κ2) is 19.1. The molecule has 0 atom stereocenters. The molecule has 0 unspecified atom stereocenters. The zero-order valence-electron chi connectivity index (χ0n) is 46.0. The predicted octanol–water partition coefficient (Wildman–Crippen LogP) is 18.1. The second-order valence-electron chi connectivity index (χ2n) is 24.6. The maximum Gasteiger partial charge on any atom is 0.135 e. The zero-order chi connectivity index (χ0) is 52.0. The topological polar surface area (TPSA) is 33.5 Å². The van der Waals surface area contributed by atoms with Gasteiger partial charge >= 0.3 is 0 Å². The fourth-order valence-electron chi connectivity index (χ4n) is 10.3. The van der Waals surface area contributed by atoms with E-state index in [9.17, 15) is 0 Å². The average molecular weight is 1160 g/mol. The van der Waals surface area contributed by atoms with Crippen LogP contribution in [0.25, 0.3) is 27.6 Å². The summed E-state index contributed by atoms with van der Waals surface area (Å²) in [5.41, 5.74) is 16.6. The summed E-state index contributed by atoms with van der Waals surface area (Å²) in [5, 5.41) is 2.22. The van der Waals surface area contributed by atoms with E-state index in [1.165, 1.54) is 44.5 Å². The number of pyridine rings is 1. The number of anilines is 4. The normalized spacial score (nSPS) is 13.4. The molecule has 74 heavy (non-hydrogen) atoms. The number of benzene rings is 7. The van der Waals surface area contributed by atoms with Crippen LogP contribution >= 0.6 is 0 Å². The van der Waals surface area contributed by atoms with Crippen molar-refractivity contribution in [3.63, 3.8) is 0 Å². The Balaban J connectivity index is 0.00000672. The summed E-state index contributed by atoms with van der Waals surface area (Å²) in [6.07, 6.45) is 1.93. The van der Waals surface area contributed by atoms with Crippen molar-refractivity contribution in [3.8, 4) is 17.3 Å². The smallest absolute Gasteiger partial charge is 0.135 e. The van der Waals surface area contributed by atoms with Gasteiger partial charge in [0.05, 0.1) is 0 Å². The molecule has 0 spiro atoms. The van der Waals surface area contributed by atoms with Crippen molar-refractivity contribution in [2.45, 2.75) is 131 Å². The molecule has 5 nitrogen and oxygen atoms in total. The third kappa shape index (κ3) is 9.74. The Morgan fingerprint density at radius 2 is 1.03 bits per heavy atom. The van der Waals surface area contributed by atoms with Gasteiger partial charge in [0.1, 0.15) is 5.82 Å². The van der Waals surface area contributed by atoms with Gasteiger partial charge in [0.2, 0.25) is 0 Å². The summed E-state index contributed by atoms with van der Waals surface area (Å²) in [7, 11) is 0. The van der Waals surface area contributed by atoms with Gasteiger partial charge in [-0.2, -0.15) is 6.07 Å². The van der Waals surface area contributed by atoms with E-state index in [2.05, 4.69) is 283 Å². The first-order valence-electron chi connectivity index (χ1n) is 25.9.